The number of halogens is 2. The summed E-state index contributed by atoms with van der Waals surface area (Å²) in [5, 5.41) is 15.8. The van der Waals surface area contributed by atoms with Gasteiger partial charge in [-0.3, -0.25) is 0 Å². The largest absolute Gasteiger partial charge is 0.362 e. The average Bonchev–Trinajstić information content (AvgIpc) is 2.68. The van der Waals surface area contributed by atoms with Crippen molar-refractivity contribution in [2.24, 2.45) is 10.8 Å². The van der Waals surface area contributed by atoms with E-state index in [1.54, 1.807) is 0 Å². The molecule has 0 amide bonds. The molecule has 0 bridgehead atoms. The van der Waals surface area contributed by atoms with Gasteiger partial charge in [0.15, 0.2) is 10.2 Å². The van der Waals surface area contributed by atoms with E-state index < -0.39 is 0 Å². The molecular weight excluding hydrogens is 479 g/mol. The number of nitrogens with one attached hydrogen (secondary N) is 4. The van der Waals surface area contributed by atoms with Gasteiger partial charge in [0.2, 0.25) is 0 Å². The minimum absolute atomic E-state index is 0.0473. The van der Waals surface area contributed by atoms with Crippen molar-refractivity contribution in [1.29, 1.82) is 0 Å². The van der Waals surface area contributed by atoms with Gasteiger partial charge in [-0.25, -0.2) is 0 Å². The Morgan fingerprint density at radius 2 is 1.41 bits per heavy atom. The van der Waals surface area contributed by atoms with Crippen molar-refractivity contribution in [2.45, 2.75) is 46.1 Å². The minimum Gasteiger partial charge on any atom is -0.362 e. The summed E-state index contributed by atoms with van der Waals surface area (Å²) < 4.78 is 0. The Hall–Kier alpha value is -1.60. The summed E-state index contributed by atoms with van der Waals surface area (Å²) in [5.74, 6) is 0. The van der Waals surface area contributed by atoms with E-state index in [-0.39, 0.29) is 16.9 Å². The Balaban J connectivity index is 1.58. The Bertz CT molecular complexity index is 982. The molecule has 0 heterocycles. The second-order valence-electron chi connectivity index (χ2n) is 9.62. The molecular formula is C24H30Cl2N4S2. The van der Waals surface area contributed by atoms with Gasteiger partial charge in [0.1, 0.15) is 0 Å². The van der Waals surface area contributed by atoms with Crippen LogP contribution in [0.2, 0.25) is 10.0 Å². The second-order valence-corrected chi connectivity index (χ2v) is 11.3. The van der Waals surface area contributed by atoms with Crippen LogP contribution < -0.4 is 21.3 Å². The van der Waals surface area contributed by atoms with Gasteiger partial charge < -0.3 is 21.3 Å². The molecule has 8 heteroatoms. The van der Waals surface area contributed by atoms with Crippen LogP contribution in [0, 0.1) is 10.8 Å². The van der Waals surface area contributed by atoms with Crippen LogP contribution in [0.5, 0.6) is 0 Å². The van der Waals surface area contributed by atoms with Crippen LogP contribution >= 0.6 is 47.6 Å². The fourth-order valence-corrected chi connectivity index (χ4v) is 5.62. The van der Waals surface area contributed by atoms with E-state index in [9.17, 15) is 0 Å². The summed E-state index contributed by atoms with van der Waals surface area (Å²) in [6.07, 6.45) is 3.10. The lowest BCUT2D eigenvalue weighted by atomic mass is 9.62. The van der Waals surface area contributed by atoms with Gasteiger partial charge in [0.05, 0.1) is 21.4 Å². The van der Waals surface area contributed by atoms with Crippen molar-refractivity contribution in [2.75, 3.05) is 17.2 Å². The quantitative estimate of drug-likeness (QED) is 0.331. The molecule has 1 saturated carbocycles. The van der Waals surface area contributed by atoms with Crippen molar-refractivity contribution in [1.82, 2.24) is 10.6 Å². The number of rotatable bonds is 5. The van der Waals surface area contributed by atoms with Crippen molar-refractivity contribution in [3.8, 4) is 0 Å². The highest BCUT2D eigenvalue weighted by Crippen LogP contribution is 2.45. The first kappa shape index (κ1) is 25.0. The van der Waals surface area contributed by atoms with E-state index in [1.165, 1.54) is 0 Å². The monoisotopic (exact) mass is 508 g/mol. The zero-order chi connectivity index (χ0) is 23.4. The second kappa shape index (κ2) is 10.6. The normalized spacial score (nSPS) is 22.0. The molecule has 1 aliphatic carbocycles. The lowest BCUT2D eigenvalue weighted by Gasteiger charge is -2.47. The van der Waals surface area contributed by atoms with Crippen LogP contribution in [-0.2, 0) is 0 Å². The standard InChI is InChI=1S/C24H30Cl2N4S2/c1-23(2)12-16(28-22(32)30-20-11-7-5-9-18(20)26)13-24(3,14-23)15-27-21(31)29-19-10-6-4-8-17(19)25/h4-11,16H,12-15H2,1-3H3,(H2,27,29,31)(H2,28,30,32). The van der Waals surface area contributed by atoms with E-state index in [0.29, 0.717) is 20.3 Å². The molecule has 3 rings (SSSR count). The molecule has 0 radical (unpaired) electrons. The van der Waals surface area contributed by atoms with Crippen LogP contribution in [-0.4, -0.2) is 22.8 Å². The van der Waals surface area contributed by atoms with E-state index in [4.69, 9.17) is 47.6 Å². The van der Waals surface area contributed by atoms with Gasteiger partial charge in [0, 0.05) is 12.6 Å². The molecule has 2 unspecified atom stereocenters. The van der Waals surface area contributed by atoms with Gasteiger partial charge in [-0.15, -0.1) is 0 Å². The molecule has 0 saturated heterocycles. The molecule has 4 N–H and O–H groups in total. The van der Waals surface area contributed by atoms with Crippen LogP contribution in [0.15, 0.2) is 48.5 Å². The van der Waals surface area contributed by atoms with Crippen molar-refractivity contribution in [3.63, 3.8) is 0 Å². The highest BCUT2D eigenvalue weighted by Gasteiger charge is 2.41. The number of benzene rings is 2. The summed E-state index contributed by atoms with van der Waals surface area (Å²) in [5.41, 5.74) is 1.83. The van der Waals surface area contributed by atoms with Crippen molar-refractivity contribution >= 4 is 69.2 Å². The van der Waals surface area contributed by atoms with Gasteiger partial charge in [-0.05, 0) is 78.8 Å². The highest BCUT2D eigenvalue weighted by atomic mass is 35.5. The summed E-state index contributed by atoms with van der Waals surface area (Å²) in [6, 6.07) is 15.4. The van der Waals surface area contributed by atoms with Crippen LogP contribution in [0.25, 0.3) is 0 Å². The predicted octanol–water partition coefficient (Wildman–Crippen LogP) is 6.85. The van der Waals surface area contributed by atoms with Crippen LogP contribution in [0.1, 0.15) is 40.0 Å². The van der Waals surface area contributed by atoms with Crippen molar-refractivity contribution in [3.05, 3.63) is 58.6 Å². The molecule has 0 spiro atoms. The van der Waals surface area contributed by atoms with E-state index in [0.717, 1.165) is 37.2 Å². The third-order valence-electron chi connectivity index (χ3n) is 5.70. The zero-order valence-electron chi connectivity index (χ0n) is 18.6. The summed E-state index contributed by atoms with van der Waals surface area (Å²) in [6.45, 7) is 7.68. The molecule has 172 valence electrons. The van der Waals surface area contributed by atoms with Crippen molar-refractivity contribution < 1.29 is 0 Å². The van der Waals surface area contributed by atoms with Crippen LogP contribution in [0.3, 0.4) is 0 Å². The lowest BCUT2D eigenvalue weighted by molar-refractivity contribution is 0.0807. The number of hydrogen-bond donors (Lipinski definition) is 4. The number of anilines is 2. The SMILES string of the molecule is CC1(C)CC(NC(=S)Nc2ccccc2Cl)CC(C)(CNC(=S)Nc2ccccc2Cl)C1. The molecule has 1 aliphatic rings. The maximum atomic E-state index is 6.26. The molecule has 2 aromatic rings. The van der Waals surface area contributed by atoms with Crippen LogP contribution in [0.4, 0.5) is 11.4 Å². The third-order valence-corrected chi connectivity index (χ3v) is 6.82. The number of hydrogen-bond acceptors (Lipinski definition) is 2. The molecule has 0 aliphatic heterocycles. The Morgan fingerprint density at radius 1 is 0.875 bits per heavy atom. The van der Waals surface area contributed by atoms with E-state index in [1.807, 2.05) is 48.5 Å². The lowest BCUT2D eigenvalue weighted by Crippen LogP contribution is -2.51. The summed E-state index contributed by atoms with van der Waals surface area (Å²) >= 11 is 23.6. The summed E-state index contributed by atoms with van der Waals surface area (Å²) in [7, 11) is 0. The molecule has 0 aromatic heterocycles. The zero-order valence-corrected chi connectivity index (χ0v) is 21.7. The Morgan fingerprint density at radius 3 is 1.97 bits per heavy atom. The number of thiocarbonyl (C=S) groups is 2. The molecule has 4 nitrogen and oxygen atoms in total. The summed E-state index contributed by atoms with van der Waals surface area (Å²) in [4.78, 5) is 0. The maximum Gasteiger partial charge on any atom is 0.171 e. The first-order valence-electron chi connectivity index (χ1n) is 10.7. The molecule has 32 heavy (non-hydrogen) atoms. The number of para-hydroxylation sites is 2. The maximum absolute atomic E-state index is 6.26. The molecule has 1 fully saturated rings. The molecule has 2 atom stereocenters. The van der Waals surface area contributed by atoms with Gasteiger partial charge >= 0.3 is 0 Å². The first-order chi connectivity index (χ1) is 15.1. The average molecular weight is 510 g/mol. The first-order valence-corrected chi connectivity index (χ1v) is 12.2. The smallest absolute Gasteiger partial charge is 0.171 e. The topological polar surface area (TPSA) is 48.1 Å². The van der Waals surface area contributed by atoms with E-state index >= 15 is 0 Å². The van der Waals surface area contributed by atoms with E-state index in [2.05, 4.69) is 42.0 Å². The highest BCUT2D eigenvalue weighted by molar-refractivity contribution is 7.80. The van der Waals surface area contributed by atoms with Gasteiger partial charge in [0.25, 0.3) is 0 Å². The fraction of sp³-hybridized carbons (Fsp3) is 0.417. The third kappa shape index (κ3) is 7.20. The van der Waals surface area contributed by atoms with Gasteiger partial charge in [-0.2, -0.15) is 0 Å². The predicted molar refractivity (Wildman–Crippen MR) is 146 cm³/mol. The Labute approximate surface area is 211 Å². The fourth-order valence-electron chi connectivity index (χ4n) is 4.80. The Kier molecular flexibility index (Phi) is 8.26. The minimum atomic E-state index is 0.0473. The molecule has 2 aromatic carbocycles. The van der Waals surface area contributed by atoms with Gasteiger partial charge in [-0.1, -0.05) is 68.2 Å².